The lowest BCUT2D eigenvalue weighted by Gasteiger charge is -2.13. The summed E-state index contributed by atoms with van der Waals surface area (Å²) in [5, 5.41) is 2.43. The Balaban J connectivity index is 1.45. The van der Waals surface area contributed by atoms with Crippen molar-refractivity contribution in [3.63, 3.8) is 0 Å². The Labute approximate surface area is 233 Å². The Morgan fingerprint density at radius 1 is 0.350 bits per heavy atom. The van der Waals surface area contributed by atoms with Crippen molar-refractivity contribution in [2.45, 2.75) is 0 Å². The van der Waals surface area contributed by atoms with Crippen LogP contribution in [0.2, 0.25) is 0 Å². The van der Waals surface area contributed by atoms with Gasteiger partial charge in [0.1, 0.15) is 0 Å². The molecule has 2 aromatic heterocycles. The molecular weight excluding hydrogens is 486 g/mol. The molecular formula is C37H25N3. The highest BCUT2D eigenvalue weighted by molar-refractivity contribution is 5.89. The van der Waals surface area contributed by atoms with Crippen molar-refractivity contribution in [1.29, 1.82) is 0 Å². The molecule has 0 atom stereocenters. The van der Waals surface area contributed by atoms with Crippen LogP contribution in [0, 0.1) is 0 Å². The van der Waals surface area contributed by atoms with Gasteiger partial charge < -0.3 is 0 Å². The lowest BCUT2D eigenvalue weighted by Crippen LogP contribution is -1.97. The maximum absolute atomic E-state index is 5.09. The van der Waals surface area contributed by atoms with Crippen LogP contribution in [0.1, 0.15) is 0 Å². The molecule has 0 saturated heterocycles. The van der Waals surface area contributed by atoms with Gasteiger partial charge >= 0.3 is 0 Å². The minimum atomic E-state index is 0.688. The zero-order chi connectivity index (χ0) is 26.7. The van der Waals surface area contributed by atoms with Gasteiger partial charge in [-0.25, -0.2) is 9.97 Å². The van der Waals surface area contributed by atoms with E-state index in [0.717, 1.165) is 50.3 Å². The predicted octanol–water partition coefficient (Wildman–Crippen LogP) is 9.36. The van der Waals surface area contributed by atoms with Crippen molar-refractivity contribution in [3.05, 3.63) is 152 Å². The first-order valence-electron chi connectivity index (χ1n) is 13.4. The third-order valence-corrected chi connectivity index (χ3v) is 7.13. The fourth-order valence-electron chi connectivity index (χ4n) is 5.08. The van der Waals surface area contributed by atoms with Crippen molar-refractivity contribution in [2.75, 3.05) is 0 Å². The Hall–Kier alpha value is -5.41. The molecule has 0 saturated carbocycles. The fraction of sp³-hybridized carbons (Fsp3) is 0. The van der Waals surface area contributed by atoms with Crippen LogP contribution < -0.4 is 0 Å². The predicted molar refractivity (Wildman–Crippen MR) is 165 cm³/mol. The summed E-state index contributed by atoms with van der Waals surface area (Å²) >= 11 is 0. The van der Waals surface area contributed by atoms with Gasteiger partial charge in [-0.2, -0.15) is 0 Å². The summed E-state index contributed by atoms with van der Waals surface area (Å²) in [5.41, 5.74) is 9.23. The van der Waals surface area contributed by atoms with Crippen LogP contribution in [-0.4, -0.2) is 15.0 Å². The van der Waals surface area contributed by atoms with Gasteiger partial charge in [0.25, 0.3) is 0 Å². The number of benzene rings is 5. The van der Waals surface area contributed by atoms with Gasteiger partial charge in [-0.15, -0.1) is 0 Å². The van der Waals surface area contributed by atoms with E-state index in [4.69, 9.17) is 9.97 Å². The quantitative estimate of drug-likeness (QED) is 0.231. The zero-order valence-electron chi connectivity index (χ0n) is 21.8. The zero-order valence-corrected chi connectivity index (χ0v) is 21.8. The summed E-state index contributed by atoms with van der Waals surface area (Å²) in [5.74, 6) is 0.688. The second-order valence-electron chi connectivity index (χ2n) is 9.80. The van der Waals surface area contributed by atoms with Crippen LogP contribution in [0.15, 0.2) is 152 Å². The van der Waals surface area contributed by atoms with Crippen LogP contribution in [0.5, 0.6) is 0 Å². The molecule has 0 aliphatic heterocycles. The Kier molecular flexibility index (Phi) is 6.15. The lowest BCUT2D eigenvalue weighted by atomic mass is 9.95. The Bertz CT molecular complexity index is 1870. The topological polar surface area (TPSA) is 38.7 Å². The summed E-state index contributed by atoms with van der Waals surface area (Å²) < 4.78 is 0. The van der Waals surface area contributed by atoms with E-state index in [1.165, 1.54) is 10.8 Å². The van der Waals surface area contributed by atoms with Gasteiger partial charge in [-0.3, -0.25) is 4.98 Å². The van der Waals surface area contributed by atoms with Gasteiger partial charge in [-0.1, -0.05) is 103 Å². The number of rotatable bonds is 5. The summed E-state index contributed by atoms with van der Waals surface area (Å²) in [6.07, 6.45) is 3.70. The second kappa shape index (κ2) is 10.4. The summed E-state index contributed by atoms with van der Waals surface area (Å²) in [6.45, 7) is 0. The minimum Gasteiger partial charge on any atom is -0.264 e. The monoisotopic (exact) mass is 511 g/mol. The minimum absolute atomic E-state index is 0.688. The molecule has 3 heteroatoms. The van der Waals surface area contributed by atoms with Crippen LogP contribution in [-0.2, 0) is 0 Å². The molecule has 5 aromatic carbocycles. The summed E-state index contributed by atoms with van der Waals surface area (Å²) in [7, 11) is 0. The van der Waals surface area contributed by atoms with Crippen molar-refractivity contribution in [1.82, 2.24) is 15.0 Å². The van der Waals surface area contributed by atoms with Crippen molar-refractivity contribution in [2.24, 2.45) is 0 Å². The van der Waals surface area contributed by atoms with Crippen LogP contribution >= 0.6 is 0 Å². The van der Waals surface area contributed by atoms with E-state index < -0.39 is 0 Å². The number of hydrogen-bond acceptors (Lipinski definition) is 3. The molecule has 188 valence electrons. The fourth-order valence-corrected chi connectivity index (χ4v) is 5.08. The molecule has 2 heterocycles. The molecule has 0 radical (unpaired) electrons. The van der Waals surface area contributed by atoms with Gasteiger partial charge in [-0.05, 0) is 63.9 Å². The van der Waals surface area contributed by atoms with Crippen LogP contribution in [0.25, 0.3) is 66.9 Å². The maximum atomic E-state index is 5.09. The molecule has 7 rings (SSSR count). The SMILES string of the molecule is c1ccc(-c2cc(-c3ccccc3)nc(-c3cc(-c4cccnc4)cc(-c4ccc5ccccc5c4)c3)n2)cc1. The number of fused-ring (bicyclic) bond motifs is 1. The second-order valence-corrected chi connectivity index (χ2v) is 9.80. The number of pyridine rings is 1. The van der Waals surface area contributed by atoms with E-state index in [2.05, 4.69) is 102 Å². The highest BCUT2D eigenvalue weighted by Gasteiger charge is 2.14. The molecule has 0 aliphatic carbocycles. The van der Waals surface area contributed by atoms with E-state index in [-0.39, 0.29) is 0 Å². The average molecular weight is 512 g/mol. The summed E-state index contributed by atoms with van der Waals surface area (Å²) in [4.78, 5) is 14.6. The smallest absolute Gasteiger partial charge is 0.160 e. The third kappa shape index (κ3) is 4.77. The Morgan fingerprint density at radius 3 is 1.57 bits per heavy atom. The summed E-state index contributed by atoms with van der Waals surface area (Å²) in [6, 6.07) is 48.4. The number of hydrogen-bond donors (Lipinski definition) is 0. The molecule has 7 aromatic rings. The van der Waals surface area contributed by atoms with Gasteiger partial charge in [0.2, 0.25) is 0 Å². The van der Waals surface area contributed by atoms with E-state index in [0.29, 0.717) is 5.82 Å². The molecule has 0 fully saturated rings. The first-order chi connectivity index (χ1) is 19.8. The molecule has 0 unspecified atom stereocenters. The van der Waals surface area contributed by atoms with E-state index in [9.17, 15) is 0 Å². The van der Waals surface area contributed by atoms with Gasteiger partial charge in [0, 0.05) is 34.6 Å². The van der Waals surface area contributed by atoms with Crippen LogP contribution in [0.3, 0.4) is 0 Å². The van der Waals surface area contributed by atoms with Crippen LogP contribution in [0.4, 0.5) is 0 Å². The van der Waals surface area contributed by atoms with E-state index in [1.807, 2.05) is 48.7 Å². The highest BCUT2D eigenvalue weighted by atomic mass is 14.9. The molecule has 3 nitrogen and oxygen atoms in total. The molecule has 0 bridgehead atoms. The van der Waals surface area contributed by atoms with Gasteiger partial charge in [0.15, 0.2) is 5.82 Å². The first kappa shape index (κ1) is 23.7. The average Bonchev–Trinajstić information content (AvgIpc) is 3.05. The standard InChI is InChI=1S/C37H25N3/c1-3-11-27(12-4-1)35-24-36(28-13-5-2-6-14-28)40-37(39-35)34-22-32(21-33(23-34)31-16-9-19-38-25-31)30-18-17-26-10-7-8-15-29(26)20-30/h1-25H. The van der Waals surface area contributed by atoms with E-state index >= 15 is 0 Å². The van der Waals surface area contributed by atoms with Crippen molar-refractivity contribution >= 4 is 10.8 Å². The van der Waals surface area contributed by atoms with Crippen molar-refractivity contribution < 1.29 is 0 Å². The maximum Gasteiger partial charge on any atom is 0.160 e. The molecule has 40 heavy (non-hydrogen) atoms. The molecule has 0 spiro atoms. The number of aromatic nitrogens is 3. The van der Waals surface area contributed by atoms with E-state index in [1.54, 1.807) is 6.20 Å². The molecule has 0 N–H and O–H groups in total. The normalized spacial score (nSPS) is 11.0. The molecule has 0 aliphatic rings. The third-order valence-electron chi connectivity index (χ3n) is 7.13. The number of nitrogens with zero attached hydrogens (tertiary/aromatic N) is 3. The molecule has 0 amide bonds. The largest absolute Gasteiger partial charge is 0.264 e. The lowest BCUT2D eigenvalue weighted by molar-refractivity contribution is 1.18. The first-order valence-corrected chi connectivity index (χ1v) is 13.4. The van der Waals surface area contributed by atoms with Gasteiger partial charge in [0.05, 0.1) is 11.4 Å². The Morgan fingerprint density at radius 2 is 0.925 bits per heavy atom. The van der Waals surface area contributed by atoms with Crippen molar-refractivity contribution in [3.8, 4) is 56.2 Å². The highest BCUT2D eigenvalue weighted by Crippen LogP contribution is 2.34.